The standard InChI is InChI=1S/C23H27NO5/c1-5-22(26)24-18-9-7-17(8-10-18)20(25)13-29-23(27)14-28-21-12-16(4)6-11-19(21)15(2)3/h6-12,15H,5,13-14H2,1-4H3,(H,24,26). The second-order valence-corrected chi connectivity index (χ2v) is 7.05. The molecular weight excluding hydrogens is 370 g/mol. The first-order chi connectivity index (χ1) is 13.8. The van der Waals surface area contributed by atoms with Crippen molar-refractivity contribution in [1.82, 2.24) is 0 Å². The molecule has 1 N–H and O–H groups in total. The molecule has 0 saturated heterocycles. The van der Waals surface area contributed by atoms with Gasteiger partial charge in [-0.1, -0.05) is 32.9 Å². The second-order valence-electron chi connectivity index (χ2n) is 7.05. The fourth-order valence-electron chi connectivity index (χ4n) is 2.64. The summed E-state index contributed by atoms with van der Waals surface area (Å²) in [6.07, 6.45) is 0.375. The number of ether oxygens (including phenoxy) is 2. The minimum Gasteiger partial charge on any atom is -0.482 e. The Kier molecular flexibility index (Phi) is 7.95. The first-order valence-corrected chi connectivity index (χ1v) is 9.62. The highest BCUT2D eigenvalue weighted by Crippen LogP contribution is 2.27. The van der Waals surface area contributed by atoms with E-state index >= 15 is 0 Å². The van der Waals surface area contributed by atoms with Gasteiger partial charge >= 0.3 is 5.97 Å². The van der Waals surface area contributed by atoms with E-state index in [1.165, 1.54) is 0 Å². The zero-order valence-electron chi connectivity index (χ0n) is 17.3. The number of carbonyl (C=O) groups excluding carboxylic acids is 3. The van der Waals surface area contributed by atoms with Crippen LogP contribution in [0.5, 0.6) is 5.75 Å². The number of rotatable bonds is 9. The van der Waals surface area contributed by atoms with Crippen molar-refractivity contribution in [3.8, 4) is 5.75 Å². The van der Waals surface area contributed by atoms with Crippen LogP contribution < -0.4 is 10.1 Å². The number of Topliss-reactive ketones (excluding diaryl/α,β-unsaturated/α-hetero) is 1. The molecular formula is C23H27NO5. The Morgan fingerprint density at radius 1 is 1.00 bits per heavy atom. The number of amides is 1. The zero-order valence-corrected chi connectivity index (χ0v) is 17.3. The number of ketones is 1. The maximum Gasteiger partial charge on any atom is 0.344 e. The third-order valence-corrected chi connectivity index (χ3v) is 4.31. The van der Waals surface area contributed by atoms with Gasteiger partial charge in [0.1, 0.15) is 5.75 Å². The number of aryl methyl sites for hydroxylation is 1. The van der Waals surface area contributed by atoms with Gasteiger partial charge in [-0.2, -0.15) is 0 Å². The lowest BCUT2D eigenvalue weighted by atomic mass is 10.0. The van der Waals surface area contributed by atoms with Gasteiger partial charge in [-0.15, -0.1) is 0 Å². The maximum atomic E-state index is 12.2. The van der Waals surface area contributed by atoms with Crippen LogP contribution in [0.3, 0.4) is 0 Å². The molecule has 0 unspecified atom stereocenters. The van der Waals surface area contributed by atoms with Gasteiger partial charge in [0.15, 0.2) is 19.0 Å². The van der Waals surface area contributed by atoms with Crippen molar-refractivity contribution < 1.29 is 23.9 Å². The van der Waals surface area contributed by atoms with E-state index in [2.05, 4.69) is 5.32 Å². The normalized spacial score (nSPS) is 10.5. The Morgan fingerprint density at radius 3 is 2.31 bits per heavy atom. The van der Waals surface area contributed by atoms with Gasteiger partial charge in [0, 0.05) is 17.7 Å². The molecule has 1 amide bonds. The van der Waals surface area contributed by atoms with E-state index in [4.69, 9.17) is 9.47 Å². The highest BCUT2D eigenvalue weighted by Gasteiger charge is 2.13. The van der Waals surface area contributed by atoms with Crippen LogP contribution in [0.2, 0.25) is 0 Å². The Hall–Kier alpha value is -3.15. The molecule has 0 fully saturated rings. The Balaban J connectivity index is 1.85. The van der Waals surface area contributed by atoms with Gasteiger partial charge in [0.05, 0.1) is 0 Å². The molecule has 2 aromatic carbocycles. The van der Waals surface area contributed by atoms with Crippen molar-refractivity contribution in [3.63, 3.8) is 0 Å². The fourth-order valence-corrected chi connectivity index (χ4v) is 2.64. The highest BCUT2D eigenvalue weighted by molar-refractivity contribution is 5.98. The van der Waals surface area contributed by atoms with Crippen molar-refractivity contribution in [2.75, 3.05) is 18.5 Å². The van der Waals surface area contributed by atoms with Crippen LogP contribution in [0.4, 0.5) is 5.69 Å². The molecule has 0 atom stereocenters. The van der Waals surface area contributed by atoms with Crippen molar-refractivity contribution in [2.24, 2.45) is 0 Å². The summed E-state index contributed by atoms with van der Waals surface area (Å²) >= 11 is 0. The highest BCUT2D eigenvalue weighted by atomic mass is 16.6. The van der Waals surface area contributed by atoms with Gasteiger partial charge < -0.3 is 14.8 Å². The summed E-state index contributed by atoms with van der Waals surface area (Å²) in [5.74, 6) is -0.139. The molecule has 0 saturated carbocycles. The Morgan fingerprint density at radius 2 is 1.69 bits per heavy atom. The van der Waals surface area contributed by atoms with Crippen LogP contribution in [0.25, 0.3) is 0 Å². The van der Waals surface area contributed by atoms with E-state index in [1.54, 1.807) is 31.2 Å². The summed E-state index contributed by atoms with van der Waals surface area (Å²) in [6.45, 7) is 7.17. The Labute approximate surface area is 171 Å². The first kappa shape index (κ1) is 22.1. The minimum absolute atomic E-state index is 0.104. The van der Waals surface area contributed by atoms with Crippen molar-refractivity contribution >= 4 is 23.3 Å². The molecule has 154 valence electrons. The summed E-state index contributed by atoms with van der Waals surface area (Å²) in [5, 5.41) is 2.70. The average molecular weight is 397 g/mol. The zero-order chi connectivity index (χ0) is 21.4. The van der Waals surface area contributed by atoms with E-state index in [0.717, 1.165) is 11.1 Å². The van der Waals surface area contributed by atoms with Crippen LogP contribution in [-0.4, -0.2) is 30.9 Å². The summed E-state index contributed by atoms with van der Waals surface area (Å²) in [6, 6.07) is 12.3. The molecule has 0 radical (unpaired) electrons. The molecule has 2 aromatic rings. The number of nitrogens with one attached hydrogen (secondary N) is 1. The lowest BCUT2D eigenvalue weighted by Crippen LogP contribution is -2.20. The summed E-state index contributed by atoms with van der Waals surface area (Å²) in [4.78, 5) is 35.5. The van der Waals surface area contributed by atoms with Crippen LogP contribution >= 0.6 is 0 Å². The molecule has 2 rings (SSSR count). The van der Waals surface area contributed by atoms with E-state index < -0.39 is 5.97 Å². The van der Waals surface area contributed by atoms with E-state index in [9.17, 15) is 14.4 Å². The molecule has 0 spiro atoms. The smallest absolute Gasteiger partial charge is 0.344 e. The number of benzene rings is 2. The number of carbonyl (C=O) groups is 3. The van der Waals surface area contributed by atoms with Crippen molar-refractivity contribution in [1.29, 1.82) is 0 Å². The summed E-state index contributed by atoms with van der Waals surface area (Å²) < 4.78 is 10.7. The van der Waals surface area contributed by atoms with Gasteiger partial charge in [-0.05, 0) is 54.3 Å². The number of esters is 1. The largest absolute Gasteiger partial charge is 0.482 e. The van der Waals surface area contributed by atoms with Crippen LogP contribution in [-0.2, 0) is 14.3 Å². The fraction of sp³-hybridized carbons (Fsp3) is 0.348. The first-order valence-electron chi connectivity index (χ1n) is 9.62. The minimum atomic E-state index is -0.610. The third kappa shape index (κ3) is 6.75. The van der Waals surface area contributed by atoms with Crippen molar-refractivity contribution in [2.45, 2.75) is 40.0 Å². The van der Waals surface area contributed by atoms with Crippen LogP contribution in [0.15, 0.2) is 42.5 Å². The quantitative estimate of drug-likeness (QED) is 0.505. The monoisotopic (exact) mass is 397 g/mol. The molecule has 0 heterocycles. The molecule has 0 aliphatic heterocycles. The lowest BCUT2D eigenvalue weighted by Gasteiger charge is -2.14. The molecule has 0 aliphatic carbocycles. The van der Waals surface area contributed by atoms with E-state index in [-0.39, 0.29) is 30.8 Å². The Bertz CT molecular complexity index is 871. The molecule has 0 aliphatic rings. The SMILES string of the molecule is CCC(=O)Nc1ccc(C(=O)COC(=O)COc2cc(C)ccc2C(C)C)cc1. The number of hydrogen-bond donors (Lipinski definition) is 1. The molecule has 29 heavy (non-hydrogen) atoms. The van der Waals surface area contributed by atoms with Crippen molar-refractivity contribution in [3.05, 3.63) is 59.2 Å². The summed E-state index contributed by atoms with van der Waals surface area (Å²) in [7, 11) is 0. The van der Waals surface area contributed by atoms with Crippen LogP contribution in [0.1, 0.15) is 54.6 Å². The average Bonchev–Trinajstić information content (AvgIpc) is 2.70. The number of anilines is 1. The molecule has 6 heteroatoms. The molecule has 6 nitrogen and oxygen atoms in total. The maximum absolute atomic E-state index is 12.2. The second kappa shape index (κ2) is 10.4. The lowest BCUT2D eigenvalue weighted by molar-refractivity contribution is -0.144. The van der Waals surface area contributed by atoms with Gasteiger partial charge in [-0.3, -0.25) is 9.59 Å². The number of hydrogen-bond acceptors (Lipinski definition) is 5. The van der Waals surface area contributed by atoms with Gasteiger partial charge in [0.25, 0.3) is 0 Å². The predicted molar refractivity (Wildman–Crippen MR) is 111 cm³/mol. The van der Waals surface area contributed by atoms with E-state index in [0.29, 0.717) is 23.4 Å². The topological polar surface area (TPSA) is 81.7 Å². The predicted octanol–water partition coefficient (Wildman–Crippen LogP) is 4.27. The van der Waals surface area contributed by atoms with Crippen LogP contribution in [0, 0.1) is 6.92 Å². The van der Waals surface area contributed by atoms with Gasteiger partial charge in [0.2, 0.25) is 5.91 Å². The molecule has 0 aromatic heterocycles. The van der Waals surface area contributed by atoms with Gasteiger partial charge in [-0.25, -0.2) is 4.79 Å². The van der Waals surface area contributed by atoms with E-state index in [1.807, 2.05) is 39.0 Å². The molecule has 0 bridgehead atoms. The summed E-state index contributed by atoms with van der Waals surface area (Å²) in [5.41, 5.74) is 3.05. The third-order valence-electron chi connectivity index (χ3n) is 4.31.